The molecule has 0 fully saturated rings. The monoisotopic (exact) mass is 192 g/mol. The van der Waals surface area contributed by atoms with Crippen LogP contribution in [0.4, 0.5) is 0 Å². The molecule has 0 saturated heterocycles. The van der Waals surface area contributed by atoms with E-state index in [-0.39, 0.29) is 90.5 Å². The zero-order valence-corrected chi connectivity index (χ0v) is 6.63. The molecule has 0 aliphatic heterocycles. The Balaban J connectivity index is 0. The van der Waals surface area contributed by atoms with Gasteiger partial charge in [0, 0.05) is 0 Å². The average molecular weight is 193 g/mol. The maximum atomic E-state index is 0. The van der Waals surface area contributed by atoms with Gasteiger partial charge in [0.2, 0.25) is 0 Å². The number of hydrogen-bond donors (Lipinski definition) is 0. The fourth-order valence-electron chi connectivity index (χ4n) is 0. The van der Waals surface area contributed by atoms with E-state index < -0.39 is 0 Å². The van der Waals surface area contributed by atoms with E-state index in [4.69, 9.17) is 0 Å². The van der Waals surface area contributed by atoms with Crippen molar-refractivity contribution in [2.75, 3.05) is 0 Å². The molecule has 26 valence electrons. The van der Waals surface area contributed by atoms with Crippen LogP contribution in [-0.2, 0) is 0 Å². The summed E-state index contributed by atoms with van der Waals surface area (Å²) in [5.74, 6) is 0. The molecule has 0 bridgehead atoms. The Bertz CT molecular complexity index is 11.5. The summed E-state index contributed by atoms with van der Waals surface area (Å²) < 4.78 is 0. The zero-order chi connectivity index (χ0) is 0. The van der Waals surface area contributed by atoms with Crippen molar-refractivity contribution >= 4 is 87.7 Å². The Morgan fingerprint density at radius 3 is 1.00 bits per heavy atom. The third-order valence-corrected chi connectivity index (χ3v) is 0. The van der Waals surface area contributed by atoms with Crippen LogP contribution in [-0.4, -0.2) is 62.8 Å². The van der Waals surface area contributed by atoms with Crippen molar-refractivity contribution in [3.05, 3.63) is 0 Å². The second-order valence-corrected chi connectivity index (χ2v) is 0. The average Bonchev–Trinajstić information content (AvgIpc) is 0. The molecule has 4 heavy (non-hydrogen) atoms. The fraction of sp³-hybridized carbons (Fsp3) is 0. The Morgan fingerprint density at radius 1 is 1.00 bits per heavy atom. The van der Waals surface area contributed by atoms with Gasteiger partial charge in [-0.2, -0.15) is 0 Å². The molecule has 0 aliphatic rings. The molecule has 0 aliphatic carbocycles. The van der Waals surface area contributed by atoms with E-state index in [1.165, 1.54) is 0 Å². The number of rotatable bonds is 0. The molecule has 0 amide bonds. The van der Waals surface area contributed by atoms with Gasteiger partial charge in [-0.1, -0.05) is 0 Å². The molecule has 0 spiro atoms. The van der Waals surface area contributed by atoms with Gasteiger partial charge in [0.1, 0.15) is 0 Å². The molecule has 0 aromatic heterocycles. The first-order chi connectivity index (χ1) is 0. The van der Waals surface area contributed by atoms with E-state index in [1.54, 1.807) is 0 Å². The molecule has 0 nitrogen and oxygen atoms in total. The van der Waals surface area contributed by atoms with Gasteiger partial charge in [0.05, 0.1) is 0 Å². The first-order valence-electron chi connectivity index (χ1n) is 0. The van der Waals surface area contributed by atoms with E-state index in [9.17, 15) is 0 Å². The van der Waals surface area contributed by atoms with Crippen LogP contribution in [0.25, 0.3) is 0 Å². The minimum atomic E-state index is 0. The van der Waals surface area contributed by atoms with Crippen molar-refractivity contribution in [3.63, 3.8) is 0 Å². The molecule has 4 heteroatoms. The van der Waals surface area contributed by atoms with Crippen molar-refractivity contribution in [3.8, 4) is 0 Å². The summed E-state index contributed by atoms with van der Waals surface area (Å²) in [5.41, 5.74) is 0. The molecule has 0 atom stereocenters. The van der Waals surface area contributed by atoms with Gasteiger partial charge in [-0.15, -0.1) is 24.8 Å². The molecular weight excluding hydrogens is 186 g/mol. The minimum Gasteiger partial charge on any atom is -1.00 e. The Hall–Kier alpha value is 2.59. The molecule has 0 radical (unpaired) electrons. The zero-order valence-electron chi connectivity index (χ0n) is 3.52. The quantitative estimate of drug-likeness (QED) is 0.454. The predicted octanol–water partition coefficient (Wildman–Crippen LogP) is -0.496. The Morgan fingerprint density at radius 2 is 1.00 bits per heavy atom. The summed E-state index contributed by atoms with van der Waals surface area (Å²) >= 11 is 0. The van der Waals surface area contributed by atoms with Gasteiger partial charge in [0.25, 0.3) is 0 Å². The second kappa shape index (κ2) is 17.5. The number of halogens is 2. The molecule has 0 rings (SSSR count). The normalized spacial score (nSPS) is 0. The van der Waals surface area contributed by atoms with Gasteiger partial charge < -0.3 is 2.85 Å². The van der Waals surface area contributed by atoms with Crippen molar-refractivity contribution in [2.45, 2.75) is 0 Å². The molecule has 0 saturated carbocycles. The van der Waals surface area contributed by atoms with Crippen LogP contribution < -0.4 is 0 Å². The Kier molecular flexibility index (Phi) is 135. The summed E-state index contributed by atoms with van der Waals surface area (Å²) in [7, 11) is 0. The topological polar surface area (TPSA) is 0 Å². The number of hydrogen-bond acceptors (Lipinski definition) is 0. The van der Waals surface area contributed by atoms with E-state index in [2.05, 4.69) is 0 Å². The summed E-state index contributed by atoms with van der Waals surface area (Å²) in [6, 6.07) is 0. The fourth-order valence-corrected chi connectivity index (χ4v) is 0. The van der Waals surface area contributed by atoms with Crippen LogP contribution in [0, 0.1) is 0 Å². The van der Waals surface area contributed by atoms with Gasteiger partial charge in [0.15, 0.2) is 17.4 Å². The van der Waals surface area contributed by atoms with Gasteiger partial charge in [-0.25, -0.2) is 0 Å². The van der Waals surface area contributed by atoms with Crippen LogP contribution in [0.2, 0.25) is 0 Å². The maximum absolute atomic E-state index is 0. The third-order valence-electron chi connectivity index (χ3n) is 0. The standard InChI is InChI=1S/Al.2ClH.Sr.5H/h;2*1H;;;;;;/q;;;+2;;;;2*-1. The van der Waals surface area contributed by atoms with E-state index in [1.807, 2.05) is 0 Å². The molecular formula is H7AlCl2Sr. The van der Waals surface area contributed by atoms with Crippen molar-refractivity contribution < 1.29 is 2.85 Å². The van der Waals surface area contributed by atoms with Crippen molar-refractivity contribution in [1.82, 2.24) is 0 Å². The smallest absolute Gasteiger partial charge is 1.00 e. The SMILES string of the molecule is Cl.Cl.[AlH3].[H-].[H-].[Sr+2]. The third kappa shape index (κ3) is 8.82. The molecule has 0 N–H and O–H groups in total. The first kappa shape index (κ1) is 30.7. The summed E-state index contributed by atoms with van der Waals surface area (Å²) in [6.45, 7) is 0. The van der Waals surface area contributed by atoms with Crippen molar-refractivity contribution in [1.29, 1.82) is 0 Å². The summed E-state index contributed by atoms with van der Waals surface area (Å²) in [6.07, 6.45) is 0. The largest absolute Gasteiger partial charge is 2.00 e. The molecule has 0 aromatic rings. The van der Waals surface area contributed by atoms with E-state index in [0.29, 0.717) is 0 Å². The van der Waals surface area contributed by atoms with Crippen LogP contribution in [0.3, 0.4) is 0 Å². The second-order valence-electron chi connectivity index (χ2n) is 0. The van der Waals surface area contributed by atoms with Gasteiger partial charge >= 0.3 is 45.5 Å². The van der Waals surface area contributed by atoms with Gasteiger partial charge in [-0.3, -0.25) is 0 Å². The summed E-state index contributed by atoms with van der Waals surface area (Å²) in [5, 5.41) is 0. The predicted molar refractivity (Wildman–Crippen MR) is 32.4 cm³/mol. The summed E-state index contributed by atoms with van der Waals surface area (Å²) in [4.78, 5) is 0. The van der Waals surface area contributed by atoms with Crippen LogP contribution >= 0.6 is 24.8 Å². The van der Waals surface area contributed by atoms with Crippen molar-refractivity contribution in [2.24, 2.45) is 0 Å². The van der Waals surface area contributed by atoms with Gasteiger partial charge in [-0.05, 0) is 0 Å². The maximum Gasteiger partial charge on any atom is 2.00 e. The molecule has 0 unspecified atom stereocenters. The van der Waals surface area contributed by atoms with E-state index >= 15 is 0 Å². The van der Waals surface area contributed by atoms with E-state index in [0.717, 1.165) is 0 Å². The molecule has 0 heterocycles. The molecule has 0 aromatic carbocycles. The van der Waals surface area contributed by atoms with Crippen LogP contribution in [0.1, 0.15) is 2.85 Å². The van der Waals surface area contributed by atoms with Crippen LogP contribution in [0.15, 0.2) is 0 Å². The first-order valence-corrected chi connectivity index (χ1v) is 0. The van der Waals surface area contributed by atoms with Crippen LogP contribution in [0.5, 0.6) is 0 Å². The Labute approximate surface area is 88.9 Å². The minimum absolute atomic E-state index is 0.